The van der Waals surface area contributed by atoms with Crippen molar-refractivity contribution in [2.45, 2.75) is 32.1 Å². The average Bonchev–Trinajstić information content (AvgIpc) is 3.02. The van der Waals surface area contributed by atoms with Crippen LogP contribution in [0.3, 0.4) is 0 Å². The van der Waals surface area contributed by atoms with Gasteiger partial charge in [-0.3, -0.25) is 4.79 Å². The van der Waals surface area contributed by atoms with Crippen LogP contribution in [0.2, 0.25) is 0 Å². The van der Waals surface area contributed by atoms with Crippen molar-refractivity contribution in [1.29, 1.82) is 0 Å². The number of hydrogen-bond donors (Lipinski definition) is 0. The molecule has 0 bridgehead atoms. The van der Waals surface area contributed by atoms with E-state index in [1.807, 2.05) is 17.0 Å². The SMILES string of the molecule is Cc1cccc2c1CCN2C(=O)c1conc1C1CC1. The maximum atomic E-state index is 12.8. The summed E-state index contributed by atoms with van der Waals surface area (Å²) >= 11 is 0. The third kappa shape index (κ3) is 1.68. The molecule has 1 aliphatic heterocycles. The quantitative estimate of drug-likeness (QED) is 0.841. The van der Waals surface area contributed by atoms with E-state index in [2.05, 4.69) is 18.1 Å². The molecule has 2 heterocycles. The molecule has 1 saturated carbocycles. The molecule has 4 nitrogen and oxygen atoms in total. The second-order valence-electron chi connectivity index (χ2n) is 5.67. The first-order valence-corrected chi connectivity index (χ1v) is 7.10. The van der Waals surface area contributed by atoms with Crippen LogP contribution in [-0.2, 0) is 6.42 Å². The van der Waals surface area contributed by atoms with E-state index in [0.717, 1.165) is 37.2 Å². The third-order valence-corrected chi connectivity index (χ3v) is 4.30. The Balaban J connectivity index is 1.71. The fraction of sp³-hybridized carbons (Fsp3) is 0.375. The number of hydrogen-bond acceptors (Lipinski definition) is 3. The molecular weight excluding hydrogens is 252 g/mol. The average molecular weight is 268 g/mol. The van der Waals surface area contributed by atoms with Crippen molar-refractivity contribution in [2.24, 2.45) is 0 Å². The van der Waals surface area contributed by atoms with E-state index in [9.17, 15) is 4.79 Å². The predicted molar refractivity (Wildman–Crippen MR) is 75.0 cm³/mol. The second kappa shape index (κ2) is 4.20. The molecule has 2 aromatic rings. The van der Waals surface area contributed by atoms with Crippen LogP contribution in [0.4, 0.5) is 5.69 Å². The van der Waals surface area contributed by atoms with Crippen molar-refractivity contribution >= 4 is 11.6 Å². The van der Waals surface area contributed by atoms with Gasteiger partial charge in [0.2, 0.25) is 0 Å². The first-order chi connectivity index (χ1) is 9.75. The van der Waals surface area contributed by atoms with Gasteiger partial charge in [0.05, 0.1) is 5.69 Å². The van der Waals surface area contributed by atoms with Gasteiger partial charge in [-0.25, -0.2) is 0 Å². The number of rotatable bonds is 2. The Hall–Kier alpha value is -2.10. The molecule has 0 saturated heterocycles. The van der Waals surface area contributed by atoms with Gasteiger partial charge in [0.1, 0.15) is 11.8 Å². The summed E-state index contributed by atoms with van der Waals surface area (Å²) in [5.74, 6) is 0.449. The van der Waals surface area contributed by atoms with Gasteiger partial charge in [-0.05, 0) is 43.4 Å². The molecule has 20 heavy (non-hydrogen) atoms. The second-order valence-corrected chi connectivity index (χ2v) is 5.67. The monoisotopic (exact) mass is 268 g/mol. The number of fused-ring (bicyclic) bond motifs is 1. The predicted octanol–water partition coefficient (Wildman–Crippen LogP) is 3.06. The van der Waals surface area contributed by atoms with Crippen molar-refractivity contribution in [2.75, 3.05) is 11.4 Å². The highest BCUT2D eigenvalue weighted by atomic mass is 16.5. The fourth-order valence-electron chi connectivity index (χ4n) is 3.02. The minimum Gasteiger partial charge on any atom is -0.364 e. The summed E-state index contributed by atoms with van der Waals surface area (Å²) in [6.07, 6.45) is 4.66. The fourth-order valence-corrected chi connectivity index (χ4v) is 3.02. The first kappa shape index (κ1) is 11.7. The summed E-state index contributed by atoms with van der Waals surface area (Å²) in [6.45, 7) is 2.84. The lowest BCUT2D eigenvalue weighted by molar-refractivity contribution is 0.0988. The van der Waals surface area contributed by atoms with Crippen molar-refractivity contribution < 1.29 is 9.32 Å². The van der Waals surface area contributed by atoms with Gasteiger partial charge in [-0.1, -0.05) is 17.3 Å². The highest BCUT2D eigenvalue weighted by molar-refractivity contribution is 6.08. The van der Waals surface area contributed by atoms with Gasteiger partial charge in [-0.15, -0.1) is 0 Å². The van der Waals surface area contributed by atoms with E-state index >= 15 is 0 Å². The van der Waals surface area contributed by atoms with Gasteiger partial charge in [-0.2, -0.15) is 0 Å². The van der Waals surface area contributed by atoms with E-state index in [4.69, 9.17) is 4.52 Å². The summed E-state index contributed by atoms with van der Waals surface area (Å²) in [7, 11) is 0. The zero-order chi connectivity index (χ0) is 13.7. The summed E-state index contributed by atoms with van der Waals surface area (Å²) < 4.78 is 5.04. The van der Waals surface area contributed by atoms with Crippen LogP contribution in [0.25, 0.3) is 0 Å². The van der Waals surface area contributed by atoms with Crippen LogP contribution in [0.5, 0.6) is 0 Å². The Morgan fingerprint density at radius 2 is 2.25 bits per heavy atom. The van der Waals surface area contributed by atoms with Crippen molar-refractivity contribution in [3.8, 4) is 0 Å². The van der Waals surface area contributed by atoms with E-state index in [-0.39, 0.29) is 5.91 Å². The van der Waals surface area contributed by atoms with Crippen molar-refractivity contribution in [1.82, 2.24) is 5.16 Å². The van der Waals surface area contributed by atoms with E-state index in [1.54, 1.807) is 0 Å². The molecule has 1 fully saturated rings. The zero-order valence-corrected chi connectivity index (χ0v) is 11.4. The Labute approximate surface area is 117 Å². The van der Waals surface area contributed by atoms with Crippen LogP contribution in [0.15, 0.2) is 29.0 Å². The lowest BCUT2D eigenvalue weighted by Gasteiger charge is -2.17. The maximum Gasteiger partial charge on any atom is 0.263 e. The zero-order valence-electron chi connectivity index (χ0n) is 11.4. The number of aryl methyl sites for hydroxylation is 1. The Bertz CT molecular complexity index is 686. The summed E-state index contributed by atoms with van der Waals surface area (Å²) in [4.78, 5) is 14.6. The molecular formula is C16H16N2O2. The maximum absolute atomic E-state index is 12.8. The normalized spacial score (nSPS) is 17.4. The largest absolute Gasteiger partial charge is 0.364 e. The minimum atomic E-state index is 0.0255. The molecule has 102 valence electrons. The molecule has 0 spiro atoms. The molecule has 4 heteroatoms. The van der Waals surface area contributed by atoms with E-state index in [1.165, 1.54) is 17.4 Å². The van der Waals surface area contributed by atoms with Crippen LogP contribution < -0.4 is 4.90 Å². The Kier molecular flexibility index (Phi) is 2.46. The summed E-state index contributed by atoms with van der Waals surface area (Å²) in [6, 6.07) is 6.13. The number of nitrogens with zero attached hydrogens (tertiary/aromatic N) is 2. The van der Waals surface area contributed by atoms with Gasteiger partial charge in [0.25, 0.3) is 5.91 Å². The lowest BCUT2D eigenvalue weighted by Crippen LogP contribution is -2.29. The number of anilines is 1. The van der Waals surface area contributed by atoms with Crippen molar-refractivity contribution in [3.63, 3.8) is 0 Å². The Morgan fingerprint density at radius 1 is 1.40 bits per heavy atom. The van der Waals surface area contributed by atoms with Gasteiger partial charge < -0.3 is 9.42 Å². The molecule has 0 N–H and O–H groups in total. The van der Waals surface area contributed by atoms with Gasteiger partial charge >= 0.3 is 0 Å². The first-order valence-electron chi connectivity index (χ1n) is 7.10. The summed E-state index contributed by atoms with van der Waals surface area (Å²) in [5, 5.41) is 4.02. The smallest absolute Gasteiger partial charge is 0.263 e. The van der Waals surface area contributed by atoms with Crippen LogP contribution in [-0.4, -0.2) is 17.6 Å². The highest BCUT2D eigenvalue weighted by Gasteiger charge is 2.35. The molecule has 4 rings (SSSR count). The molecule has 1 aliphatic carbocycles. The Morgan fingerprint density at radius 3 is 3.05 bits per heavy atom. The summed E-state index contributed by atoms with van der Waals surface area (Å²) in [5.41, 5.74) is 5.06. The molecule has 1 aromatic heterocycles. The molecule has 0 atom stereocenters. The molecule has 0 unspecified atom stereocenters. The third-order valence-electron chi connectivity index (χ3n) is 4.30. The minimum absolute atomic E-state index is 0.0255. The molecule has 1 amide bonds. The number of benzene rings is 1. The molecule has 1 aromatic carbocycles. The number of amides is 1. The van der Waals surface area contributed by atoms with Crippen LogP contribution in [0.1, 0.15) is 45.9 Å². The van der Waals surface area contributed by atoms with Gasteiger partial charge in [0, 0.05) is 18.2 Å². The standard InChI is InChI=1S/C16H16N2O2/c1-10-3-2-4-14-12(10)7-8-18(14)16(19)13-9-20-17-15(13)11-5-6-11/h2-4,9,11H,5-8H2,1H3. The number of carbonyl (C=O) groups is 1. The molecule has 0 radical (unpaired) electrons. The van der Waals surface area contributed by atoms with Crippen molar-refractivity contribution in [3.05, 3.63) is 46.8 Å². The van der Waals surface area contributed by atoms with E-state index in [0.29, 0.717) is 11.5 Å². The highest BCUT2D eigenvalue weighted by Crippen LogP contribution is 2.41. The topological polar surface area (TPSA) is 46.3 Å². The molecule has 2 aliphatic rings. The number of aromatic nitrogens is 1. The van der Waals surface area contributed by atoms with Crippen LogP contribution >= 0.6 is 0 Å². The lowest BCUT2D eigenvalue weighted by atomic mass is 10.1. The van der Waals surface area contributed by atoms with E-state index < -0.39 is 0 Å². The number of carbonyl (C=O) groups excluding carboxylic acids is 1. The van der Waals surface area contributed by atoms with Gasteiger partial charge in [0.15, 0.2) is 0 Å². The van der Waals surface area contributed by atoms with Crippen LogP contribution in [0, 0.1) is 6.92 Å².